The quantitative estimate of drug-likeness (QED) is 0.674. The molecule has 98 valence electrons. The van der Waals surface area contributed by atoms with E-state index in [9.17, 15) is 4.79 Å². The Morgan fingerprint density at radius 2 is 2.18 bits per heavy atom. The molecule has 4 heteroatoms. The van der Waals surface area contributed by atoms with E-state index in [-0.39, 0.29) is 5.97 Å². The highest BCUT2D eigenvalue weighted by Crippen LogP contribution is 2.30. The molecule has 1 aliphatic heterocycles. The summed E-state index contributed by atoms with van der Waals surface area (Å²) in [6, 6.07) is 0.631. The predicted octanol–water partition coefficient (Wildman–Crippen LogP) is 1.01. The van der Waals surface area contributed by atoms with Crippen molar-refractivity contribution in [2.24, 2.45) is 5.92 Å². The van der Waals surface area contributed by atoms with Crippen LogP contribution in [0.5, 0.6) is 0 Å². The Morgan fingerprint density at radius 1 is 1.35 bits per heavy atom. The van der Waals surface area contributed by atoms with Gasteiger partial charge in [-0.1, -0.05) is 0 Å². The van der Waals surface area contributed by atoms with Gasteiger partial charge in [0.1, 0.15) is 0 Å². The van der Waals surface area contributed by atoms with Gasteiger partial charge in [0.05, 0.1) is 13.5 Å². The normalized spacial score (nSPS) is 24.2. The first kappa shape index (κ1) is 12.8. The van der Waals surface area contributed by atoms with Gasteiger partial charge in [0, 0.05) is 25.7 Å². The molecule has 17 heavy (non-hydrogen) atoms. The molecule has 0 spiro atoms. The monoisotopic (exact) mass is 240 g/mol. The highest BCUT2D eigenvalue weighted by atomic mass is 16.5. The maximum atomic E-state index is 11.2. The lowest BCUT2D eigenvalue weighted by Gasteiger charge is -2.25. The number of carbonyl (C=O) groups is 1. The minimum absolute atomic E-state index is 0.0924. The summed E-state index contributed by atoms with van der Waals surface area (Å²) in [4.78, 5) is 13.6. The van der Waals surface area contributed by atoms with Crippen LogP contribution in [0.3, 0.4) is 0 Å². The van der Waals surface area contributed by atoms with Gasteiger partial charge in [-0.2, -0.15) is 0 Å². The zero-order valence-corrected chi connectivity index (χ0v) is 10.8. The van der Waals surface area contributed by atoms with Crippen LogP contribution in [0, 0.1) is 5.92 Å². The maximum absolute atomic E-state index is 11.2. The molecule has 1 N–H and O–H groups in total. The first-order valence-electron chi connectivity index (χ1n) is 6.80. The van der Waals surface area contributed by atoms with Gasteiger partial charge in [-0.15, -0.1) is 0 Å². The van der Waals surface area contributed by atoms with Crippen molar-refractivity contribution >= 4 is 5.97 Å². The van der Waals surface area contributed by atoms with Crippen LogP contribution in [0.25, 0.3) is 0 Å². The molecular weight excluding hydrogens is 216 g/mol. The van der Waals surface area contributed by atoms with Crippen molar-refractivity contribution in [1.82, 2.24) is 10.2 Å². The number of esters is 1. The highest BCUT2D eigenvalue weighted by Gasteiger charge is 2.26. The standard InChI is InChI=1S/C13H24N2O2/c1-17-13(16)6-8-15(9-11-4-5-11)10-12-3-2-7-14-12/h11-12,14H,2-10H2,1H3. The number of carbonyl (C=O) groups excluding carboxylic acids is 1. The van der Waals surface area contributed by atoms with Gasteiger partial charge in [-0.05, 0) is 38.1 Å². The fraction of sp³-hybridized carbons (Fsp3) is 0.923. The van der Waals surface area contributed by atoms with E-state index in [0.717, 1.165) is 32.1 Å². The van der Waals surface area contributed by atoms with Crippen LogP contribution < -0.4 is 5.32 Å². The number of nitrogens with one attached hydrogen (secondary N) is 1. The third-order valence-corrected chi connectivity index (χ3v) is 3.71. The molecule has 0 aromatic heterocycles. The third-order valence-electron chi connectivity index (χ3n) is 3.71. The lowest BCUT2D eigenvalue weighted by atomic mass is 10.2. The van der Waals surface area contributed by atoms with Crippen molar-refractivity contribution in [2.45, 2.75) is 38.1 Å². The van der Waals surface area contributed by atoms with E-state index in [0.29, 0.717) is 12.5 Å². The molecule has 1 heterocycles. The molecule has 0 bridgehead atoms. The first-order valence-corrected chi connectivity index (χ1v) is 6.80. The van der Waals surface area contributed by atoms with Gasteiger partial charge in [-0.25, -0.2) is 0 Å². The summed E-state index contributed by atoms with van der Waals surface area (Å²) < 4.78 is 4.71. The lowest BCUT2D eigenvalue weighted by Crippen LogP contribution is -2.39. The second kappa shape index (κ2) is 6.36. The van der Waals surface area contributed by atoms with Crippen LogP contribution >= 0.6 is 0 Å². The molecule has 0 aromatic carbocycles. The second-order valence-electron chi connectivity index (χ2n) is 5.32. The van der Waals surface area contributed by atoms with Crippen LogP contribution in [0.2, 0.25) is 0 Å². The summed E-state index contributed by atoms with van der Waals surface area (Å²) in [7, 11) is 1.46. The minimum Gasteiger partial charge on any atom is -0.469 e. The van der Waals surface area contributed by atoms with Crippen LogP contribution in [-0.2, 0) is 9.53 Å². The van der Waals surface area contributed by atoms with E-state index in [2.05, 4.69) is 10.2 Å². The van der Waals surface area contributed by atoms with E-state index in [1.807, 2.05) is 0 Å². The Balaban J connectivity index is 1.72. The summed E-state index contributed by atoms with van der Waals surface area (Å²) >= 11 is 0. The van der Waals surface area contributed by atoms with E-state index >= 15 is 0 Å². The zero-order valence-electron chi connectivity index (χ0n) is 10.8. The molecule has 0 aromatic rings. The molecule has 0 radical (unpaired) electrons. The SMILES string of the molecule is COC(=O)CCN(CC1CC1)CC1CCCN1. The van der Waals surface area contributed by atoms with E-state index in [4.69, 9.17) is 4.74 Å². The van der Waals surface area contributed by atoms with E-state index in [1.165, 1.54) is 32.8 Å². The molecule has 4 nitrogen and oxygen atoms in total. The number of hydrogen-bond donors (Lipinski definition) is 1. The smallest absolute Gasteiger partial charge is 0.306 e. The van der Waals surface area contributed by atoms with Crippen LogP contribution in [0.15, 0.2) is 0 Å². The van der Waals surface area contributed by atoms with Gasteiger partial charge >= 0.3 is 5.97 Å². The van der Waals surface area contributed by atoms with Crippen LogP contribution in [-0.4, -0.2) is 50.2 Å². The number of methoxy groups -OCH3 is 1. The molecule has 2 fully saturated rings. The lowest BCUT2D eigenvalue weighted by molar-refractivity contribution is -0.141. The number of hydrogen-bond acceptors (Lipinski definition) is 4. The Bertz CT molecular complexity index is 248. The summed E-state index contributed by atoms with van der Waals surface area (Å²) in [5, 5.41) is 3.52. The largest absolute Gasteiger partial charge is 0.469 e. The molecule has 0 amide bonds. The maximum Gasteiger partial charge on any atom is 0.306 e. The molecule has 1 atom stereocenters. The fourth-order valence-electron chi connectivity index (χ4n) is 2.50. The molecule has 1 saturated heterocycles. The fourth-order valence-corrected chi connectivity index (χ4v) is 2.50. The molecule has 1 unspecified atom stereocenters. The van der Waals surface area contributed by atoms with Crippen molar-refractivity contribution in [3.63, 3.8) is 0 Å². The topological polar surface area (TPSA) is 41.6 Å². The first-order chi connectivity index (χ1) is 8.28. The van der Waals surface area contributed by atoms with Crippen molar-refractivity contribution < 1.29 is 9.53 Å². The Labute approximate surface area is 104 Å². The van der Waals surface area contributed by atoms with Gasteiger partial charge in [0.25, 0.3) is 0 Å². The summed E-state index contributed by atoms with van der Waals surface area (Å²) in [5.41, 5.74) is 0. The Morgan fingerprint density at radius 3 is 2.76 bits per heavy atom. The summed E-state index contributed by atoms with van der Waals surface area (Å²) in [6.07, 6.45) is 5.83. The van der Waals surface area contributed by atoms with Gasteiger partial charge in [-0.3, -0.25) is 4.79 Å². The van der Waals surface area contributed by atoms with Crippen molar-refractivity contribution in [3.05, 3.63) is 0 Å². The van der Waals surface area contributed by atoms with Gasteiger partial charge in [0.2, 0.25) is 0 Å². The minimum atomic E-state index is -0.0924. The van der Waals surface area contributed by atoms with Crippen LogP contribution in [0.4, 0.5) is 0 Å². The van der Waals surface area contributed by atoms with E-state index < -0.39 is 0 Å². The Hall–Kier alpha value is -0.610. The molecule has 2 rings (SSSR count). The van der Waals surface area contributed by atoms with E-state index in [1.54, 1.807) is 0 Å². The molecule has 1 saturated carbocycles. The molecule has 1 aliphatic carbocycles. The van der Waals surface area contributed by atoms with Crippen molar-refractivity contribution in [1.29, 1.82) is 0 Å². The Kier molecular flexibility index (Phi) is 4.80. The van der Waals surface area contributed by atoms with Crippen molar-refractivity contribution in [2.75, 3.05) is 33.3 Å². The average Bonchev–Trinajstić information content (AvgIpc) is 3.00. The van der Waals surface area contributed by atoms with Crippen LogP contribution in [0.1, 0.15) is 32.1 Å². The third kappa shape index (κ3) is 4.64. The van der Waals surface area contributed by atoms with Gasteiger partial charge in [0.15, 0.2) is 0 Å². The number of ether oxygens (including phenoxy) is 1. The predicted molar refractivity (Wildman–Crippen MR) is 66.8 cm³/mol. The molecule has 2 aliphatic rings. The number of nitrogens with zero attached hydrogens (tertiary/aromatic N) is 1. The zero-order chi connectivity index (χ0) is 12.1. The summed E-state index contributed by atoms with van der Waals surface area (Å²) in [6.45, 7) is 4.25. The summed E-state index contributed by atoms with van der Waals surface area (Å²) in [5.74, 6) is 0.791. The van der Waals surface area contributed by atoms with Crippen molar-refractivity contribution in [3.8, 4) is 0 Å². The number of rotatable bonds is 7. The average molecular weight is 240 g/mol. The molecular formula is C13H24N2O2. The van der Waals surface area contributed by atoms with Gasteiger partial charge < -0.3 is 15.0 Å². The highest BCUT2D eigenvalue weighted by molar-refractivity contribution is 5.69. The second-order valence-corrected chi connectivity index (χ2v) is 5.32.